The van der Waals surface area contributed by atoms with Crippen LogP contribution in [0.15, 0.2) is 65.3 Å². The number of benzene rings is 2. The maximum absolute atomic E-state index is 13.6. The molecule has 0 fully saturated rings. The average molecular weight is 543 g/mol. The molecule has 1 aliphatic heterocycles. The Morgan fingerprint density at radius 2 is 1.61 bits per heavy atom. The van der Waals surface area contributed by atoms with Crippen molar-refractivity contribution in [2.24, 2.45) is 0 Å². The molecule has 1 heterocycles. The summed E-state index contributed by atoms with van der Waals surface area (Å²) in [6.45, 7) is 8.39. The molecule has 0 spiro atoms. The molecule has 38 heavy (non-hydrogen) atoms. The van der Waals surface area contributed by atoms with Crippen LogP contribution in [-0.2, 0) is 4.57 Å². The second-order valence-electron chi connectivity index (χ2n) is 9.62. The van der Waals surface area contributed by atoms with E-state index in [0.717, 1.165) is 37.3 Å². The molecule has 0 atom stereocenters. The Labute approximate surface area is 223 Å². The minimum atomic E-state index is -4.92. The average Bonchev–Trinajstić information content (AvgIpc) is 2.92. The number of phenolic OH excluding ortho intramolecular Hbond substituents is 2. The van der Waals surface area contributed by atoms with E-state index < -0.39 is 19.5 Å². The highest BCUT2D eigenvalue weighted by atomic mass is 31.2. The Bertz CT molecular complexity index is 1340. The maximum atomic E-state index is 13.6. The molecule has 9 nitrogen and oxygen atoms in total. The van der Waals surface area contributed by atoms with Crippen molar-refractivity contribution < 1.29 is 33.9 Å². The first-order chi connectivity index (χ1) is 17.9. The van der Waals surface area contributed by atoms with E-state index in [-0.39, 0.29) is 40.7 Å². The number of nitrogens with one attached hydrogen (secondary N) is 1. The number of carbonyl (C=O) groups is 1. The molecular formula is C28H35N2O7P. The monoisotopic (exact) mass is 542 g/mol. The summed E-state index contributed by atoms with van der Waals surface area (Å²) in [4.78, 5) is 33.4. The molecule has 204 valence electrons. The number of nitrogens with zero attached hydrogens (tertiary/aromatic N) is 1. The minimum Gasteiger partial charge on any atom is -0.506 e. The van der Waals surface area contributed by atoms with Crippen molar-refractivity contribution >= 4 is 30.8 Å². The number of phosphoric acid groups is 1. The van der Waals surface area contributed by atoms with E-state index >= 15 is 0 Å². The number of para-hydroxylation sites is 1. The molecule has 1 amide bonds. The van der Waals surface area contributed by atoms with Crippen LogP contribution in [0, 0.1) is 0 Å². The van der Waals surface area contributed by atoms with E-state index in [9.17, 15) is 29.4 Å². The molecule has 2 aromatic rings. The molecule has 0 radical (unpaired) electrons. The third-order valence-corrected chi connectivity index (χ3v) is 6.55. The quantitative estimate of drug-likeness (QED) is 0.127. The summed E-state index contributed by atoms with van der Waals surface area (Å²) in [5, 5.41) is 24.0. The number of anilines is 3. The van der Waals surface area contributed by atoms with Gasteiger partial charge in [-0.2, -0.15) is 0 Å². The van der Waals surface area contributed by atoms with Gasteiger partial charge in [0.05, 0.1) is 16.9 Å². The van der Waals surface area contributed by atoms with Gasteiger partial charge in [-0.25, -0.2) is 4.57 Å². The number of phenols is 2. The van der Waals surface area contributed by atoms with E-state index in [0.29, 0.717) is 0 Å². The summed E-state index contributed by atoms with van der Waals surface area (Å²) < 4.78 is 16.1. The van der Waals surface area contributed by atoms with Gasteiger partial charge in [-0.3, -0.25) is 14.6 Å². The number of phosphoric ester groups is 1. The molecule has 0 aliphatic carbocycles. The molecule has 0 saturated carbocycles. The lowest BCUT2D eigenvalue weighted by Crippen LogP contribution is -2.30. The van der Waals surface area contributed by atoms with E-state index in [4.69, 9.17) is 0 Å². The highest BCUT2D eigenvalue weighted by Gasteiger charge is 2.31. The molecule has 5 N–H and O–H groups in total. The van der Waals surface area contributed by atoms with Crippen molar-refractivity contribution in [1.29, 1.82) is 0 Å². The van der Waals surface area contributed by atoms with Crippen molar-refractivity contribution in [3.63, 3.8) is 0 Å². The predicted octanol–water partition coefficient (Wildman–Crippen LogP) is 6.69. The molecule has 3 rings (SSSR count). The SMILES string of the molecule is CC(C)=CCC/C(C)=C/CC/C(C)=C/CN1C(=O)c2cccc(O)c2Nc2c(O)cc(OP(=O)(O)O)cc21. The van der Waals surface area contributed by atoms with Gasteiger partial charge >= 0.3 is 7.82 Å². The molecule has 0 bridgehead atoms. The van der Waals surface area contributed by atoms with E-state index in [1.807, 2.05) is 13.0 Å². The van der Waals surface area contributed by atoms with Crippen LogP contribution in [-0.4, -0.2) is 32.5 Å². The zero-order valence-corrected chi connectivity index (χ0v) is 23.0. The molecule has 0 saturated heterocycles. The first-order valence-corrected chi connectivity index (χ1v) is 13.9. The van der Waals surface area contributed by atoms with Crippen molar-refractivity contribution in [2.45, 2.75) is 53.4 Å². The highest BCUT2D eigenvalue weighted by molar-refractivity contribution is 7.46. The van der Waals surface area contributed by atoms with Crippen LogP contribution >= 0.6 is 7.82 Å². The van der Waals surface area contributed by atoms with Crippen molar-refractivity contribution in [3.05, 3.63) is 70.8 Å². The normalized spacial score (nSPS) is 13.8. The number of aromatic hydroxyl groups is 2. The van der Waals surface area contributed by atoms with Gasteiger partial charge in [-0.15, -0.1) is 0 Å². The van der Waals surface area contributed by atoms with Crippen LogP contribution in [0.25, 0.3) is 0 Å². The van der Waals surface area contributed by atoms with Gasteiger partial charge in [0.1, 0.15) is 22.9 Å². The van der Waals surface area contributed by atoms with Gasteiger partial charge in [-0.1, -0.05) is 41.0 Å². The topological polar surface area (TPSA) is 140 Å². The Morgan fingerprint density at radius 1 is 0.947 bits per heavy atom. The third-order valence-electron chi connectivity index (χ3n) is 6.10. The Balaban J connectivity index is 1.89. The fraction of sp³-hybridized carbons (Fsp3) is 0.321. The van der Waals surface area contributed by atoms with Crippen molar-refractivity contribution in [2.75, 3.05) is 16.8 Å². The van der Waals surface area contributed by atoms with Gasteiger partial charge in [0.15, 0.2) is 0 Å². The highest BCUT2D eigenvalue weighted by Crippen LogP contribution is 2.48. The van der Waals surface area contributed by atoms with Crippen LogP contribution in [0.1, 0.15) is 63.7 Å². The lowest BCUT2D eigenvalue weighted by Gasteiger charge is -2.23. The van der Waals surface area contributed by atoms with Crippen molar-refractivity contribution in [3.8, 4) is 17.2 Å². The molecule has 10 heteroatoms. The smallest absolute Gasteiger partial charge is 0.506 e. The van der Waals surface area contributed by atoms with Gasteiger partial charge in [0, 0.05) is 18.7 Å². The minimum absolute atomic E-state index is 0.0950. The van der Waals surface area contributed by atoms with Gasteiger partial charge in [-0.05, 0) is 65.5 Å². The van der Waals surface area contributed by atoms with Crippen LogP contribution in [0.5, 0.6) is 17.2 Å². The Morgan fingerprint density at radius 3 is 2.26 bits per heavy atom. The molecule has 0 unspecified atom stereocenters. The van der Waals surface area contributed by atoms with Crippen molar-refractivity contribution in [1.82, 2.24) is 0 Å². The summed E-state index contributed by atoms with van der Waals surface area (Å²) in [7, 11) is -4.92. The Kier molecular flexibility index (Phi) is 9.44. The predicted molar refractivity (Wildman–Crippen MR) is 149 cm³/mol. The summed E-state index contributed by atoms with van der Waals surface area (Å²) in [5.74, 6) is -1.36. The number of hydrogen-bond donors (Lipinski definition) is 5. The lowest BCUT2D eigenvalue weighted by molar-refractivity contribution is 0.0991. The molecule has 0 aromatic heterocycles. The summed E-state index contributed by atoms with van der Waals surface area (Å²) in [6.07, 6.45) is 10.0. The fourth-order valence-electron chi connectivity index (χ4n) is 4.11. The van der Waals surface area contributed by atoms with Crippen LogP contribution in [0.3, 0.4) is 0 Å². The largest absolute Gasteiger partial charge is 0.524 e. The maximum Gasteiger partial charge on any atom is 0.524 e. The van der Waals surface area contributed by atoms with E-state index in [1.54, 1.807) is 6.07 Å². The number of fused-ring (bicyclic) bond motifs is 2. The van der Waals surface area contributed by atoms with E-state index in [2.05, 4.69) is 42.8 Å². The van der Waals surface area contributed by atoms with Gasteiger partial charge < -0.3 is 25.0 Å². The standard InChI is InChI=1S/C28H35N2O7P/c1-18(2)8-5-9-19(3)10-6-11-20(4)14-15-30-23-16-21(37-38(34,35)36)17-25(32)27(23)29-26-22(28(30)33)12-7-13-24(26)31/h7-8,10,12-14,16-17,29,31-32H,5-6,9,11,15H2,1-4H3,(H2,34,35,36)/b19-10+,20-14+. The Hall–Kier alpha value is -3.52. The number of rotatable bonds is 10. The summed E-state index contributed by atoms with van der Waals surface area (Å²) in [5.41, 5.74) is 4.22. The number of amides is 1. The number of carbonyl (C=O) groups excluding carboxylic acids is 1. The van der Waals surface area contributed by atoms with Crippen LogP contribution in [0.4, 0.5) is 17.1 Å². The number of hydrogen-bond acceptors (Lipinski definition) is 6. The number of allylic oxidation sites excluding steroid dienone is 5. The first kappa shape index (κ1) is 29.0. The van der Waals surface area contributed by atoms with Gasteiger partial charge in [0.25, 0.3) is 5.91 Å². The fourth-order valence-corrected chi connectivity index (χ4v) is 4.49. The second-order valence-corrected chi connectivity index (χ2v) is 10.8. The van der Waals surface area contributed by atoms with E-state index in [1.165, 1.54) is 34.2 Å². The summed E-state index contributed by atoms with van der Waals surface area (Å²) >= 11 is 0. The molecule has 2 aromatic carbocycles. The van der Waals surface area contributed by atoms with Crippen LogP contribution in [0.2, 0.25) is 0 Å². The molecular weight excluding hydrogens is 507 g/mol. The first-order valence-electron chi connectivity index (χ1n) is 12.3. The zero-order chi connectivity index (χ0) is 28.0. The van der Waals surface area contributed by atoms with Gasteiger partial charge in [0.2, 0.25) is 0 Å². The van der Waals surface area contributed by atoms with Crippen LogP contribution < -0.4 is 14.7 Å². The second kappa shape index (κ2) is 12.3. The molecule has 1 aliphatic rings. The third kappa shape index (κ3) is 7.74. The zero-order valence-electron chi connectivity index (χ0n) is 22.1. The lowest BCUT2D eigenvalue weighted by atomic mass is 10.1. The summed E-state index contributed by atoms with van der Waals surface area (Å²) in [6, 6.07) is 6.80.